The van der Waals surface area contributed by atoms with E-state index < -0.39 is 17.5 Å². The topological polar surface area (TPSA) is 70.6 Å². The third-order valence-corrected chi connectivity index (χ3v) is 3.96. The fraction of sp³-hybridized carbons (Fsp3) is 0.533. The molecule has 0 aromatic heterocycles. The minimum Gasteiger partial charge on any atom is -0.395 e. The molecule has 130 valence electrons. The molecule has 0 unspecified atom stereocenters. The lowest BCUT2D eigenvalue weighted by Gasteiger charge is -2.33. The third-order valence-electron chi connectivity index (χ3n) is 3.66. The predicted molar refractivity (Wildman–Crippen MR) is 88.4 cm³/mol. The number of nitrogens with one attached hydrogen (secondary N) is 2. The third kappa shape index (κ3) is 4.78. The molecule has 0 saturated carbocycles. The molecule has 8 heteroatoms. The number of halogens is 3. The van der Waals surface area contributed by atoms with Gasteiger partial charge < -0.3 is 20.5 Å². The summed E-state index contributed by atoms with van der Waals surface area (Å²) in [4.78, 5) is 12.3. The Bertz CT molecular complexity index is 550. The maximum absolute atomic E-state index is 14.1. The maximum Gasteiger partial charge on any atom is 0.251 e. The van der Waals surface area contributed by atoms with Crippen molar-refractivity contribution in [3.05, 3.63) is 34.6 Å². The van der Waals surface area contributed by atoms with Gasteiger partial charge in [0.25, 0.3) is 5.91 Å². The van der Waals surface area contributed by atoms with E-state index in [1.165, 1.54) is 6.07 Å². The first-order valence-electron chi connectivity index (χ1n) is 7.07. The molecule has 0 aliphatic carbocycles. The van der Waals surface area contributed by atoms with Crippen LogP contribution >= 0.6 is 24.0 Å². The largest absolute Gasteiger partial charge is 0.395 e. The van der Waals surface area contributed by atoms with Crippen LogP contribution in [0.1, 0.15) is 19.4 Å². The summed E-state index contributed by atoms with van der Waals surface area (Å²) >= 11 is 5.79. The minimum atomic E-state index is -0.927. The van der Waals surface area contributed by atoms with E-state index in [9.17, 15) is 9.18 Å². The van der Waals surface area contributed by atoms with Crippen LogP contribution in [0.5, 0.6) is 0 Å². The quantitative estimate of drug-likeness (QED) is 0.756. The van der Waals surface area contributed by atoms with Crippen LogP contribution in [0.25, 0.3) is 0 Å². The molecule has 2 rings (SSSR count). The number of aliphatic hydroxyl groups is 1. The summed E-state index contributed by atoms with van der Waals surface area (Å²) < 4.78 is 19.6. The van der Waals surface area contributed by atoms with Gasteiger partial charge in [0, 0.05) is 12.1 Å². The normalized spacial score (nSPS) is 21.4. The van der Waals surface area contributed by atoms with Crippen molar-refractivity contribution in [2.24, 2.45) is 0 Å². The van der Waals surface area contributed by atoms with Crippen LogP contribution in [0.4, 0.5) is 4.39 Å². The van der Waals surface area contributed by atoms with E-state index in [4.69, 9.17) is 21.4 Å². The van der Waals surface area contributed by atoms with E-state index in [1.54, 1.807) is 26.0 Å². The van der Waals surface area contributed by atoms with Crippen molar-refractivity contribution in [2.45, 2.75) is 31.5 Å². The number of carbonyl (C=O) groups is 1. The van der Waals surface area contributed by atoms with Crippen molar-refractivity contribution in [3.63, 3.8) is 0 Å². The Kier molecular flexibility index (Phi) is 7.23. The van der Waals surface area contributed by atoms with E-state index in [-0.39, 0.29) is 42.6 Å². The van der Waals surface area contributed by atoms with Gasteiger partial charge in [-0.15, -0.1) is 12.4 Å². The molecular weight excluding hydrogens is 346 g/mol. The zero-order valence-electron chi connectivity index (χ0n) is 12.9. The highest BCUT2D eigenvalue weighted by Gasteiger charge is 2.32. The zero-order valence-corrected chi connectivity index (χ0v) is 14.5. The second-order valence-corrected chi connectivity index (χ2v) is 6.23. The van der Waals surface area contributed by atoms with Crippen LogP contribution in [-0.4, -0.2) is 42.9 Å². The fourth-order valence-corrected chi connectivity index (χ4v) is 2.53. The minimum absolute atomic E-state index is 0. The Morgan fingerprint density at radius 2 is 2.26 bits per heavy atom. The predicted octanol–water partition coefficient (Wildman–Crippen LogP) is 1.60. The molecule has 2 atom stereocenters. The van der Waals surface area contributed by atoms with Gasteiger partial charge in [0.2, 0.25) is 0 Å². The van der Waals surface area contributed by atoms with Crippen LogP contribution in [0, 0.1) is 5.82 Å². The Morgan fingerprint density at radius 3 is 2.83 bits per heavy atom. The lowest BCUT2D eigenvalue weighted by Crippen LogP contribution is -2.56. The van der Waals surface area contributed by atoms with Crippen molar-refractivity contribution in [2.75, 3.05) is 19.8 Å². The highest BCUT2D eigenvalue weighted by Crippen LogP contribution is 2.27. The summed E-state index contributed by atoms with van der Waals surface area (Å²) in [6, 6.07) is 4.52. The molecule has 1 aromatic carbocycles. The summed E-state index contributed by atoms with van der Waals surface area (Å²) in [6.07, 6.45) is -0.677. The molecule has 1 amide bonds. The molecule has 1 aromatic rings. The number of aliphatic hydroxyl groups excluding tert-OH is 1. The van der Waals surface area contributed by atoms with Crippen molar-refractivity contribution >= 4 is 29.9 Å². The number of benzene rings is 1. The van der Waals surface area contributed by atoms with Gasteiger partial charge in [0.05, 0.1) is 29.8 Å². The summed E-state index contributed by atoms with van der Waals surface area (Å²) in [7, 11) is 0. The van der Waals surface area contributed by atoms with E-state index >= 15 is 0 Å². The van der Waals surface area contributed by atoms with E-state index in [2.05, 4.69) is 10.6 Å². The molecule has 5 nitrogen and oxygen atoms in total. The van der Waals surface area contributed by atoms with Crippen molar-refractivity contribution in [1.82, 2.24) is 10.6 Å². The lowest BCUT2D eigenvalue weighted by atomic mass is 9.93. The molecule has 0 bridgehead atoms. The van der Waals surface area contributed by atoms with Gasteiger partial charge >= 0.3 is 0 Å². The van der Waals surface area contributed by atoms with Crippen LogP contribution in [-0.2, 0) is 15.1 Å². The van der Waals surface area contributed by atoms with E-state index in [0.29, 0.717) is 12.1 Å². The molecule has 0 spiro atoms. The maximum atomic E-state index is 14.1. The van der Waals surface area contributed by atoms with Crippen LogP contribution in [0.15, 0.2) is 18.2 Å². The fourth-order valence-electron chi connectivity index (χ4n) is 2.35. The molecule has 1 fully saturated rings. The summed E-state index contributed by atoms with van der Waals surface area (Å²) in [6.45, 7) is 3.90. The van der Waals surface area contributed by atoms with E-state index in [0.717, 1.165) is 0 Å². The molecule has 1 heterocycles. The number of carbonyl (C=O) groups excluding carboxylic acids is 1. The number of morpholine rings is 1. The number of ether oxygens (including phenoxy) is 1. The Balaban J connectivity index is 0.00000264. The second kappa shape index (κ2) is 8.26. The Labute approximate surface area is 146 Å². The lowest BCUT2D eigenvalue weighted by molar-refractivity contribution is -0.137. The molecule has 0 radical (unpaired) electrons. The van der Waals surface area contributed by atoms with Gasteiger partial charge in [-0.2, -0.15) is 0 Å². The van der Waals surface area contributed by atoms with Gasteiger partial charge in [-0.1, -0.05) is 23.7 Å². The average molecular weight is 367 g/mol. The molecule has 1 aliphatic heterocycles. The second-order valence-electron chi connectivity index (χ2n) is 5.83. The van der Waals surface area contributed by atoms with Gasteiger partial charge in [0.1, 0.15) is 11.9 Å². The van der Waals surface area contributed by atoms with Gasteiger partial charge in [-0.05, 0) is 19.9 Å². The first kappa shape index (κ1) is 20.1. The van der Waals surface area contributed by atoms with Crippen molar-refractivity contribution in [1.29, 1.82) is 0 Å². The Morgan fingerprint density at radius 1 is 1.57 bits per heavy atom. The van der Waals surface area contributed by atoms with Crippen molar-refractivity contribution in [3.8, 4) is 0 Å². The van der Waals surface area contributed by atoms with Gasteiger partial charge in [0.15, 0.2) is 0 Å². The summed E-state index contributed by atoms with van der Waals surface area (Å²) in [5.41, 5.74) is -0.617. The van der Waals surface area contributed by atoms with Gasteiger partial charge in [-0.25, -0.2) is 4.39 Å². The molecule has 3 N–H and O–H groups in total. The molecule has 1 saturated heterocycles. The number of amides is 1. The SMILES string of the molecule is CC(C)(NC(=O)[C@@H]1CN[C@H](CO)CO1)c1cccc(Cl)c1F.Cl. The van der Waals surface area contributed by atoms with Crippen LogP contribution in [0.3, 0.4) is 0 Å². The van der Waals surface area contributed by atoms with E-state index in [1.807, 2.05) is 0 Å². The number of rotatable bonds is 4. The molecule has 1 aliphatic rings. The highest BCUT2D eigenvalue weighted by molar-refractivity contribution is 6.30. The van der Waals surface area contributed by atoms with Crippen LogP contribution in [0.2, 0.25) is 5.02 Å². The Hall–Kier alpha value is -0.920. The van der Waals surface area contributed by atoms with Crippen molar-refractivity contribution < 1.29 is 19.0 Å². The zero-order chi connectivity index (χ0) is 16.3. The first-order valence-corrected chi connectivity index (χ1v) is 7.45. The monoisotopic (exact) mass is 366 g/mol. The first-order chi connectivity index (χ1) is 10.3. The standard InChI is InChI=1S/C15H20ClFN2O3.ClH/c1-15(2,10-4-3-5-11(16)13(10)17)19-14(21)12-6-18-9(7-20)8-22-12;/h3-5,9,12,18,20H,6-8H2,1-2H3,(H,19,21);1H/t9-,12+;/m1./s1. The van der Waals surface area contributed by atoms with Gasteiger partial charge in [-0.3, -0.25) is 4.79 Å². The summed E-state index contributed by atoms with van der Waals surface area (Å²) in [5, 5.41) is 14.8. The number of hydrogen-bond acceptors (Lipinski definition) is 4. The average Bonchev–Trinajstić information content (AvgIpc) is 2.49. The smallest absolute Gasteiger partial charge is 0.251 e. The highest BCUT2D eigenvalue weighted by atomic mass is 35.5. The molecule has 23 heavy (non-hydrogen) atoms. The van der Waals surface area contributed by atoms with Crippen LogP contribution < -0.4 is 10.6 Å². The number of hydrogen-bond donors (Lipinski definition) is 3. The summed E-state index contributed by atoms with van der Waals surface area (Å²) in [5.74, 6) is -0.884. The molecular formula is C15H21Cl2FN2O3.